The first kappa shape index (κ1) is 12.8. The van der Waals surface area contributed by atoms with Gasteiger partial charge in [-0.2, -0.15) is 0 Å². The summed E-state index contributed by atoms with van der Waals surface area (Å²) < 4.78 is 1.04. The van der Waals surface area contributed by atoms with E-state index >= 15 is 0 Å². The molecule has 0 heterocycles. The first-order valence-electron chi connectivity index (χ1n) is 6.39. The predicted octanol–water partition coefficient (Wildman–Crippen LogP) is 4.21. The van der Waals surface area contributed by atoms with Crippen LogP contribution in [0.15, 0.2) is 41.4 Å². The molecule has 92 valence electrons. The molecular formula is C15H20BrN. The van der Waals surface area contributed by atoms with Gasteiger partial charge in [0.05, 0.1) is 0 Å². The summed E-state index contributed by atoms with van der Waals surface area (Å²) in [6.45, 7) is 4.76. The molecule has 0 aliphatic heterocycles. The van der Waals surface area contributed by atoms with E-state index in [9.17, 15) is 0 Å². The monoisotopic (exact) mass is 293 g/mol. The maximum Gasteiger partial charge on any atom is 0.0268 e. The molecule has 2 unspecified atom stereocenters. The van der Waals surface area contributed by atoms with Gasteiger partial charge < -0.3 is 5.32 Å². The van der Waals surface area contributed by atoms with Crippen LogP contribution in [-0.2, 0) is 0 Å². The van der Waals surface area contributed by atoms with E-state index in [0.29, 0.717) is 12.0 Å². The van der Waals surface area contributed by atoms with E-state index in [2.05, 4.69) is 58.2 Å². The van der Waals surface area contributed by atoms with Crippen molar-refractivity contribution in [3.8, 4) is 0 Å². The van der Waals surface area contributed by atoms with E-state index in [0.717, 1.165) is 11.0 Å². The summed E-state index contributed by atoms with van der Waals surface area (Å²) in [5.74, 6) is 0.664. The van der Waals surface area contributed by atoms with E-state index in [1.165, 1.54) is 31.2 Å². The molecule has 1 aliphatic carbocycles. The SMILES string of the molecule is C=C(Br)CNC1CCCCC1c1ccccc1. The fourth-order valence-electron chi connectivity index (χ4n) is 2.72. The number of hydrogen-bond acceptors (Lipinski definition) is 1. The van der Waals surface area contributed by atoms with Gasteiger partial charge in [-0.15, -0.1) is 0 Å². The quantitative estimate of drug-likeness (QED) is 0.877. The molecule has 2 rings (SSSR count). The lowest BCUT2D eigenvalue weighted by atomic mass is 9.80. The average molecular weight is 294 g/mol. The molecule has 1 aromatic carbocycles. The van der Waals surface area contributed by atoms with Crippen LogP contribution in [0.1, 0.15) is 37.2 Å². The standard InChI is InChI=1S/C15H20BrN/c1-12(16)11-17-15-10-6-5-9-14(15)13-7-3-2-4-8-13/h2-4,7-8,14-15,17H,1,5-6,9-11H2. The van der Waals surface area contributed by atoms with Crippen LogP contribution >= 0.6 is 15.9 Å². The van der Waals surface area contributed by atoms with Gasteiger partial charge in [-0.1, -0.05) is 65.7 Å². The Balaban J connectivity index is 2.04. The summed E-state index contributed by atoms with van der Waals surface area (Å²) in [4.78, 5) is 0. The highest BCUT2D eigenvalue weighted by Gasteiger charge is 2.25. The van der Waals surface area contributed by atoms with Gasteiger partial charge >= 0.3 is 0 Å². The molecule has 2 heteroatoms. The summed E-state index contributed by atoms with van der Waals surface area (Å²) in [6, 6.07) is 11.5. The molecular weight excluding hydrogens is 274 g/mol. The Hall–Kier alpha value is -0.600. The van der Waals surface area contributed by atoms with Crippen LogP contribution in [0.5, 0.6) is 0 Å². The van der Waals surface area contributed by atoms with Crippen LogP contribution in [0, 0.1) is 0 Å². The van der Waals surface area contributed by atoms with Crippen molar-refractivity contribution in [2.24, 2.45) is 0 Å². The van der Waals surface area contributed by atoms with E-state index < -0.39 is 0 Å². The van der Waals surface area contributed by atoms with Crippen molar-refractivity contribution in [2.75, 3.05) is 6.54 Å². The number of halogens is 1. The number of nitrogens with one attached hydrogen (secondary N) is 1. The largest absolute Gasteiger partial charge is 0.309 e. The lowest BCUT2D eigenvalue weighted by Gasteiger charge is -2.32. The Morgan fingerprint density at radius 3 is 2.65 bits per heavy atom. The molecule has 0 bridgehead atoms. The number of hydrogen-bond donors (Lipinski definition) is 1. The van der Waals surface area contributed by atoms with Crippen molar-refractivity contribution in [2.45, 2.75) is 37.6 Å². The number of rotatable bonds is 4. The molecule has 0 spiro atoms. The van der Waals surface area contributed by atoms with Crippen molar-refractivity contribution >= 4 is 15.9 Å². The maximum absolute atomic E-state index is 3.89. The van der Waals surface area contributed by atoms with Crippen molar-refractivity contribution in [1.29, 1.82) is 0 Å². The fourth-order valence-corrected chi connectivity index (χ4v) is 2.88. The molecule has 0 radical (unpaired) electrons. The third kappa shape index (κ3) is 3.68. The highest BCUT2D eigenvalue weighted by Crippen LogP contribution is 2.33. The summed E-state index contributed by atoms with van der Waals surface area (Å²) in [5.41, 5.74) is 1.48. The second-order valence-corrected chi connectivity index (χ2v) is 5.93. The number of benzene rings is 1. The predicted molar refractivity (Wildman–Crippen MR) is 77.5 cm³/mol. The summed E-state index contributed by atoms with van der Waals surface area (Å²) in [7, 11) is 0. The zero-order valence-electron chi connectivity index (χ0n) is 10.2. The van der Waals surface area contributed by atoms with Gasteiger partial charge in [0.2, 0.25) is 0 Å². The van der Waals surface area contributed by atoms with E-state index in [1.807, 2.05) is 0 Å². The third-order valence-electron chi connectivity index (χ3n) is 3.55. The van der Waals surface area contributed by atoms with Gasteiger partial charge in [0.15, 0.2) is 0 Å². The normalized spacial score (nSPS) is 24.5. The molecule has 1 N–H and O–H groups in total. The summed E-state index contributed by atoms with van der Waals surface area (Å²) in [6.07, 6.45) is 5.28. The van der Waals surface area contributed by atoms with Crippen molar-refractivity contribution in [3.63, 3.8) is 0 Å². The summed E-state index contributed by atoms with van der Waals surface area (Å²) >= 11 is 3.42. The van der Waals surface area contributed by atoms with E-state index in [-0.39, 0.29) is 0 Å². The van der Waals surface area contributed by atoms with E-state index in [1.54, 1.807) is 0 Å². The van der Waals surface area contributed by atoms with Gasteiger partial charge in [-0.25, -0.2) is 0 Å². The van der Waals surface area contributed by atoms with E-state index in [4.69, 9.17) is 0 Å². The highest BCUT2D eigenvalue weighted by atomic mass is 79.9. The van der Waals surface area contributed by atoms with Crippen LogP contribution in [0.4, 0.5) is 0 Å². The third-order valence-corrected chi connectivity index (χ3v) is 3.83. The molecule has 1 aliphatic rings. The molecule has 17 heavy (non-hydrogen) atoms. The molecule has 1 saturated carbocycles. The van der Waals surface area contributed by atoms with Gasteiger partial charge in [0, 0.05) is 17.1 Å². The Morgan fingerprint density at radius 2 is 1.94 bits per heavy atom. The zero-order chi connectivity index (χ0) is 12.1. The minimum absolute atomic E-state index is 0.598. The van der Waals surface area contributed by atoms with Crippen LogP contribution in [0.25, 0.3) is 0 Å². The molecule has 0 saturated heterocycles. The molecule has 1 nitrogen and oxygen atoms in total. The zero-order valence-corrected chi connectivity index (χ0v) is 11.7. The smallest absolute Gasteiger partial charge is 0.0268 e. The molecule has 0 amide bonds. The Morgan fingerprint density at radius 1 is 1.24 bits per heavy atom. The molecule has 0 aromatic heterocycles. The van der Waals surface area contributed by atoms with Gasteiger partial charge in [0.25, 0.3) is 0 Å². The lowest BCUT2D eigenvalue weighted by molar-refractivity contribution is 0.336. The minimum atomic E-state index is 0.598. The van der Waals surface area contributed by atoms with Crippen LogP contribution < -0.4 is 5.32 Å². The molecule has 1 fully saturated rings. The molecule has 2 atom stereocenters. The second-order valence-electron chi connectivity index (χ2n) is 4.81. The molecule has 1 aromatic rings. The van der Waals surface area contributed by atoms with Crippen molar-refractivity contribution in [1.82, 2.24) is 5.32 Å². The average Bonchev–Trinajstić information content (AvgIpc) is 2.38. The van der Waals surface area contributed by atoms with Crippen LogP contribution in [0.2, 0.25) is 0 Å². The Kier molecular flexibility index (Phi) is 4.81. The first-order chi connectivity index (χ1) is 8.27. The van der Waals surface area contributed by atoms with Crippen molar-refractivity contribution < 1.29 is 0 Å². The van der Waals surface area contributed by atoms with Gasteiger partial charge in [0.1, 0.15) is 0 Å². The second kappa shape index (κ2) is 6.36. The Labute approximate surface area is 112 Å². The maximum atomic E-state index is 3.89. The first-order valence-corrected chi connectivity index (χ1v) is 7.18. The Bertz CT molecular complexity index is 360. The minimum Gasteiger partial charge on any atom is -0.309 e. The van der Waals surface area contributed by atoms with Gasteiger partial charge in [-0.3, -0.25) is 0 Å². The topological polar surface area (TPSA) is 12.0 Å². The lowest BCUT2D eigenvalue weighted by Crippen LogP contribution is -2.37. The van der Waals surface area contributed by atoms with Crippen LogP contribution in [-0.4, -0.2) is 12.6 Å². The highest BCUT2D eigenvalue weighted by molar-refractivity contribution is 9.11. The van der Waals surface area contributed by atoms with Crippen molar-refractivity contribution in [3.05, 3.63) is 47.0 Å². The van der Waals surface area contributed by atoms with Gasteiger partial charge in [-0.05, 0) is 24.3 Å². The van der Waals surface area contributed by atoms with Crippen LogP contribution in [0.3, 0.4) is 0 Å². The fraction of sp³-hybridized carbons (Fsp3) is 0.467. The summed E-state index contributed by atoms with van der Waals surface area (Å²) in [5, 5.41) is 3.62.